The van der Waals surface area contributed by atoms with Gasteiger partial charge in [-0.2, -0.15) is 0 Å². The minimum absolute atomic E-state index is 0.0506. The molecule has 1 saturated heterocycles. The number of nitro benzene ring substituents is 1. The Morgan fingerprint density at radius 3 is 2.53 bits per heavy atom. The number of nitro groups is 1. The zero-order chi connectivity index (χ0) is 12.6. The third kappa shape index (κ3) is 2.08. The molecule has 7 heteroatoms. The molecular formula is C10H8F2N2O3. The minimum atomic E-state index is -2.75. The summed E-state index contributed by atoms with van der Waals surface area (Å²) in [4.78, 5) is 21.9. The molecule has 0 spiro atoms. The molecule has 1 aromatic rings. The second-order valence-electron chi connectivity index (χ2n) is 3.83. The summed E-state index contributed by atoms with van der Waals surface area (Å²) in [6.07, 6.45) is 0.429. The first-order valence-corrected chi connectivity index (χ1v) is 4.79. The van der Waals surface area contributed by atoms with Gasteiger partial charge in [-0.25, -0.2) is 8.78 Å². The predicted octanol–water partition coefficient (Wildman–Crippen LogP) is 1.86. The lowest BCUT2D eigenvalue weighted by Crippen LogP contribution is -2.56. The fraction of sp³-hybridized carbons (Fsp3) is 0.300. The molecule has 1 heterocycles. The maximum absolute atomic E-state index is 12.7. The smallest absolute Gasteiger partial charge is 0.282 e. The number of carbonyl (C=O) groups is 1. The Labute approximate surface area is 94.8 Å². The molecule has 0 N–H and O–H groups in total. The lowest BCUT2D eigenvalue weighted by molar-refractivity contribution is -0.384. The lowest BCUT2D eigenvalue weighted by Gasteiger charge is -2.40. The zero-order valence-corrected chi connectivity index (χ0v) is 8.60. The van der Waals surface area contributed by atoms with Crippen molar-refractivity contribution in [2.24, 2.45) is 0 Å². The topological polar surface area (TPSA) is 63.4 Å². The molecule has 17 heavy (non-hydrogen) atoms. The number of rotatable bonds is 3. The van der Waals surface area contributed by atoms with E-state index in [-0.39, 0.29) is 11.3 Å². The van der Waals surface area contributed by atoms with E-state index in [1.54, 1.807) is 0 Å². The molecular weight excluding hydrogens is 234 g/mol. The van der Waals surface area contributed by atoms with Crippen LogP contribution in [0.1, 0.15) is 10.4 Å². The van der Waals surface area contributed by atoms with E-state index in [2.05, 4.69) is 0 Å². The summed E-state index contributed by atoms with van der Waals surface area (Å²) >= 11 is 0. The normalized spacial score (nSPS) is 17.4. The van der Waals surface area contributed by atoms with E-state index < -0.39 is 23.9 Å². The van der Waals surface area contributed by atoms with Gasteiger partial charge in [0.25, 0.3) is 11.6 Å². The van der Waals surface area contributed by atoms with E-state index in [1.165, 1.54) is 17.0 Å². The van der Waals surface area contributed by atoms with E-state index >= 15 is 0 Å². The second kappa shape index (κ2) is 3.76. The highest BCUT2D eigenvalue weighted by atomic mass is 19.3. The van der Waals surface area contributed by atoms with E-state index in [0.717, 1.165) is 6.07 Å². The van der Waals surface area contributed by atoms with Crippen LogP contribution in [0.4, 0.5) is 20.2 Å². The molecule has 0 radical (unpaired) electrons. The fourth-order valence-corrected chi connectivity index (χ4v) is 1.72. The van der Waals surface area contributed by atoms with Crippen molar-refractivity contribution in [2.45, 2.75) is 5.92 Å². The molecule has 0 unspecified atom stereocenters. The van der Waals surface area contributed by atoms with E-state index in [9.17, 15) is 23.7 Å². The number of non-ortho nitro benzene ring substituents is 1. The van der Waals surface area contributed by atoms with Crippen LogP contribution >= 0.6 is 0 Å². The van der Waals surface area contributed by atoms with Crippen LogP contribution in [0.15, 0.2) is 18.2 Å². The number of benzene rings is 1. The van der Waals surface area contributed by atoms with Gasteiger partial charge >= 0.3 is 0 Å². The van der Waals surface area contributed by atoms with Gasteiger partial charge in [-0.05, 0) is 6.07 Å². The first kappa shape index (κ1) is 11.4. The third-order valence-electron chi connectivity index (χ3n) is 2.53. The van der Waals surface area contributed by atoms with Crippen molar-refractivity contribution in [2.75, 3.05) is 18.0 Å². The minimum Gasteiger partial charge on any atom is -0.359 e. The average molecular weight is 242 g/mol. The molecule has 1 aliphatic rings. The maximum atomic E-state index is 12.7. The number of aldehydes is 1. The first-order valence-electron chi connectivity index (χ1n) is 4.79. The van der Waals surface area contributed by atoms with E-state index in [4.69, 9.17) is 0 Å². The molecule has 0 aliphatic carbocycles. The number of carbonyl (C=O) groups excluding carboxylic acids is 1. The van der Waals surface area contributed by atoms with Crippen LogP contribution < -0.4 is 4.90 Å². The summed E-state index contributed by atoms with van der Waals surface area (Å²) in [6, 6.07) is 3.59. The number of alkyl halides is 2. The van der Waals surface area contributed by atoms with Gasteiger partial charge in [0, 0.05) is 23.4 Å². The summed E-state index contributed by atoms with van der Waals surface area (Å²) in [5.41, 5.74) is 0.120. The molecule has 90 valence electrons. The highest BCUT2D eigenvalue weighted by Gasteiger charge is 2.44. The SMILES string of the molecule is O=Cc1cc([N+](=O)[O-])ccc1N1CC(F)(F)C1. The van der Waals surface area contributed by atoms with Crippen LogP contribution in [0.2, 0.25) is 0 Å². The Hall–Kier alpha value is -2.05. The number of hydrogen-bond donors (Lipinski definition) is 0. The summed E-state index contributed by atoms with van der Waals surface area (Å²) in [5, 5.41) is 10.5. The summed E-state index contributed by atoms with van der Waals surface area (Å²) in [7, 11) is 0. The highest BCUT2D eigenvalue weighted by molar-refractivity contribution is 5.86. The van der Waals surface area contributed by atoms with Crippen molar-refractivity contribution in [3.05, 3.63) is 33.9 Å². The number of halogens is 2. The zero-order valence-electron chi connectivity index (χ0n) is 8.60. The molecule has 1 fully saturated rings. The van der Waals surface area contributed by atoms with Gasteiger partial charge in [0.05, 0.1) is 18.0 Å². The molecule has 0 saturated carbocycles. The van der Waals surface area contributed by atoms with Gasteiger partial charge in [0.1, 0.15) is 0 Å². The second-order valence-corrected chi connectivity index (χ2v) is 3.83. The Balaban J connectivity index is 2.30. The predicted molar refractivity (Wildman–Crippen MR) is 55.6 cm³/mol. The van der Waals surface area contributed by atoms with Gasteiger partial charge in [-0.3, -0.25) is 14.9 Å². The van der Waals surface area contributed by atoms with Crippen LogP contribution in [-0.4, -0.2) is 30.2 Å². The average Bonchev–Trinajstić information content (AvgIpc) is 2.24. The van der Waals surface area contributed by atoms with Crippen LogP contribution in [-0.2, 0) is 0 Å². The summed E-state index contributed by atoms with van der Waals surface area (Å²) < 4.78 is 25.4. The fourth-order valence-electron chi connectivity index (χ4n) is 1.72. The maximum Gasteiger partial charge on any atom is 0.282 e. The van der Waals surface area contributed by atoms with Gasteiger partial charge in [-0.1, -0.05) is 0 Å². The van der Waals surface area contributed by atoms with Crippen LogP contribution in [0, 0.1) is 10.1 Å². The quantitative estimate of drug-likeness (QED) is 0.461. The monoisotopic (exact) mass is 242 g/mol. The van der Waals surface area contributed by atoms with Gasteiger partial charge in [0.2, 0.25) is 0 Å². The Bertz CT molecular complexity index is 482. The van der Waals surface area contributed by atoms with Crippen LogP contribution in [0.5, 0.6) is 0 Å². The van der Waals surface area contributed by atoms with Gasteiger partial charge in [0.15, 0.2) is 6.29 Å². The Morgan fingerprint density at radius 1 is 1.41 bits per heavy atom. The van der Waals surface area contributed by atoms with E-state index in [0.29, 0.717) is 12.0 Å². The summed E-state index contributed by atoms with van der Waals surface area (Å²) in [5.74, 6) is -2.75. The van der Waals surface area contributed by atoms with Crippen molar-refractivity contribution in [1.82, 2.24) is 0 Å². The molecule has 0 atom stereocenters. The van der Waals surface area contributed by atoms with E-state index in [1.807, 2.05) is 0 Å². The van der Waals surface area contributed by atoms with Gasteiger partial charge in [-0.15, -0.1) is 0 Å². The van der Waals surface area contributed by atoms with Crippen molar-refractivity contribution < 1.29 is 18.5 Å². The highest BCUT2D eigenvalue weighted by Crippen LogP contribution is 2.34. The molecule has 0 bridgehead atoms. The third-order valence-corrected chi connectivity index (χ3v) is 2.53. The first-order chi connectivity index (χ1) is 7.93. The lowest BCUT2D eigenvalue weighted by atomic mass is 10.1. The molecule has 2 rings (SSSR count). The van der Waals surface area contributed by atoms with Crippen molar-refractivity contribution in [3.8, 4) is 0 Å². The summed E-state index contributed by atoms with van der Waals surface area (Å²) in [6.45, 7) is -0.933. The molecule has 1 aliphatic heterocycles. The van der Waals surface area contributed by atoms with Crippen molar-refractivity contribution >= 4 is 17.7 Å². The number of hydrogen-bond acceptors (Lipinski definition) is 4. The van der Waals surface area contributed by atoms with Crippen LogP contribution in [0.25, 0.3) is 0 Å². The largest absolute Gasteiger partial charge is 0.359 e. The molecule has 0 aromatic heterocycles. The Kier molecular flexibility index (Phi) is 2.53. The molecule has 0 amide bonds. The molecule has 1 aromatic carbocycles. The Morgan fingerprint density at radius 2 is 2.06 bits per heavy atom. The number of nitrogens with zero attached hydrogens (tertiary/aromatic N) is 2. The van der Waals surface area contributed by atoms with Crippen LogP contribution in [0.3, 0.4) is 0 Å². The number of anilines is 1. The van der Waals surface area contributed by atoms with Crippen molar-refractivity contribution in [1.29, 1.82) is 0 Å². The standard InChI is InChI=1S/C10H8F2N2O3/c11-10(12)5-13(6-10)9-2-1-8(14(16)17)3-7(9)4-15/h1-4H,5-6H2. The van der Waals surface area contributed by atoms with Crippen molar-refractivity contribution in [3.63, 3.8) is 0 Å². The van der Waals surface area contributed by atoms with Gasteiger partial charge < -0.3 is 4.90 Å². The molecule has 5 nitrogen and oxygen atoms in total.